The first-order chi connectivity index (χ1) is 27.5. The van der Waals surface area contributed by atoms with Gasteiger partial charge in [0.1, 0.15) is 5.82 Å². The Morgan fingerprint density at radius 1 is 0.426 bits per heavy atom. The molecule has 2 nitrogen and oxygen atoms in total. The van der Waals surface area contributed by atoms with Crippen molar-refractivity contribution in [1.29, 1.82) is 0 Å². The van der Waals surface area contributed by atoms with E-state index in [4.69, 9.17) is 18.7 Å². The summed E-state index contributed by atoms with van der Waals surface area (Å²) in [5, 5.41) is 2.96. The Kier molecular flexibility index (Phi) is 4.48. The van der Waals surface area contributed by atoms with E-state index in [-0.39, 0.29) is 35.4 Å². The van der Waals surface area contributed by atoms with Crippen LogP contribution in [0.3, 0.4) is 0 Å². The highest BCUT2D eigenvalue weighted by Gasteiger charge is 2.19. The summed E-state index contributed by atoms with van der Waals surface area (Å²) in [5.41, 5.74) is 5.87. The number of nitrogens with zero attached hydrogens (tertiary/aromatic N) is 2. The van der Waals surface area contributed by atoms with Gasteiger partial charge in [-0.05, 0) is 91.3 Å². The Balaban J connectivity index is 1.37. The molecule has 220 valence electrons. The molecule has 0 atom stereocenters. The van der Waals surface area contributed by atoms with Crippen LogP contribution in [0.4, 0.5) is 0 Å². The normalized spacial score (nSPS) is 14.4. The van der Waals surface area contributed by atoms with E-state index >= 15 is 0 Å². The van der Waals surface area contributed by atoms with Gasteiger partial charge in [0.05, 0.1) is 24.7 Å². The third-order valence-corrected chi connectivity index (χ3v) is 8.56. The third kappa shape index (κ3) is 4.62. The molecule has 8 aromatic carbocycles. The van der Waals surface area contributed by atoms with Crippen LogP contribution in [0, 0.1) is 0 Å². The van der Waals surface area contributed by atoms with Gasteiger partial charge < -0.3 is 0 Å². The predicted molar refractivity (Wildman–Crippen MR) is 198 cm³/mol. The van der Waals surface area contributed by atoms with Gasteiger partial charge in [0.15, 0.2) is 0 Å². The zero-order valence-electron chi connectivity index (χ0n) is 34.9. The smallest absolute Gasteiger partial charge is 0.145 e. The lowest BCUT2D eigenvalue weighted by Crippen LogP contribution is -1.97. The predicted octanol–water partition coefficient (Wildman–Crippen LogP) is 12.0. The fourth-order valence-electron chi connectivity index (χ4n) is 6.56. The summed E-state index contributed by atoms with van der Waals surface area (Å²) in [6, 6.07) is 34.5. The quantitative estimate of drug-likeness (QED) is 0.178. The summed E-state index contributed by atoms with van der Waals surface area (Å²) in [6.07, 6.45) is 0. The molecular weight excluding hydrogens is 569 g/mol. The van der Waals surface area contributed by atoms with Crippen LogP contribution < -0.4 is 0 Å². The van der Waals surface area contributed by atoms with Gasteiger partial charge in [0, 0.05) is 11.3 Å². The van der Waals surface area contributed by atoms with Gasteiger partial charge in [-0.1, -0.05) is 145 Å². The molecule has 0 aliphatic heterocycles. The molecule has 0 radical (unpaired) electrons. The van der Waals surface area contributed by atoms with E-state index < -0.39 is 36.3 Å². The van der Waals surface area contributed by atoms with Crippen LogP contribution in [0.5, 0.6) is 0 Å². The molecule has 0 saturated carbocycles. The minimum atomic E-state index is -0.483. The Morgan fingerprint density at radius 2 is 1.04 bits per heavy atom. The molecule has 0 amide bonds. The van der Waals surface area contributed by atoms with E-state index in [0.29, 0.717) is 38.8 Å². The Bertz CT molecular complexity index is 3080. The zero-order valence-corrected chi connectivity index (χ0v) is 24.9. The van der Waals surface area contributed by atoms with Crippen molar-refractivity contribution in [1.82, 2.24) is 9.55 Å². The molecule has 47 heavy (non-hydrogen) atoms. The zero-order chi connectivity index (χ0) is 39.9. The number of rotatable bonds is 5. The molecule has 0 spiro atoms. The van der Waals surface area contributed by atoms with Gasteiger partial charge in [-0.15, -0.1) is 0 Å². The van der Waals surface area contributed by atoms with E-state index in [1.165, 1.54) is 0 Å². The molecule has 0 unspecified atom stereocenters. The van der Waals surface area contributed by atoms with E-state index in [9.17, 15) is 0 Å². The molecule has 0 saturated heterocycles. The fraction of sp³-hybridized carbons (Fsp3) is 0. The summed E-state index contributed by atoms with van der Waals surface area (Å²) in [4.78, 5) is 4.96. The van der Waals surface area contributed by atoms with Gasteiger partial charge in [0.2, 0.25) is 0 Å². The molecule has 0 bridgehead atoms. The highest BCUT2D eigenvalue weighted by atomic mass is 15.1. The summed E-state index contributed by atoms with van der Waals surface area (Å²) < 4.78 is 88.0. The molecule has 1 aromatic heterocycles. The van der Waals surface area contributed by atoms with Crippen molar-refractivity contribution in [2.75, 3.05) is 0 Å². The van der Waals surface area contributed by atoms with E-state index in [2.05, 4.69) is 0 Å². The van der Waals surface area contributed by atoms with Crippen LogP contribution >= 0.6 is 0 Å². The number of hydrogen-bond donors (Lipinski definition) is 0. The van der Waals surface area contributed by atoms with Crippen molar-refractivity contribution in [3.63, 3.8) is 0 Å². The van der Waals surface area contributed by atoms with Crippen molar-refractivity contribution >= 4 is 32.6 Å². The average Bonchev–Trinajstić information content (AvgIpc) is 3.63. The maximum Gasteiger partial charge on any atom is 0.145 e. The van der Waals surface area contributed by atoms with Gasteiger partial charge >= 0.3 is 0 Å². The Hall–Kier alpha value is -6.25. The van der Waals surface area contributed by atoms with Gasteiger partial charge in [-0.2, -0.15) is 0 Å². The van der Waals surface area contributed by atoms with Gasteiger partial charge in [-0.3, -0.25) is 4.57 Å². The maximum absolute atomic E-state index is 9.05. The maximum atomic E-state index is 9.05. The number of hydrogen-bond acceptors (Lipinski definition) is 1. The fourth-order valence-corrected chi connectivity index (χ4v) is 6.56. The highest BCUT2D eigenvalue weighted by Crippen LogP contribution is 2.45. The molecule has 0 aliphatic rings. The molecular formula is C45H30N2. The summed E-state index contributed by atoms with van der Waals surface area (Å²) in [5.74, 6) is 0.382. The molecule has 9 aromatic rings. The SMILES string of the molecule is [2H]c1c([2H])c([2H])c(-c2c3ccccc3c(-c3cccc(-c4nc5ccccc5n4-c4c([2H])c([2H])c([2H])c([2H])c4[2H])c3)c3ccc(-c4ccccc4)cc23)c([2H])c1[2H]. The van der Waals surface area contributed by atoms with E-state index in [0.717, 1.165) is 33.0 Å². The molecule has 0 aliphatic carbocycles. The van der Waals surface area contributed by atoms with E-state index in [1.807, 2.05) is 115 Å². The number of benzene rings is 8. The van der Waals surface area contributed by atoms with Crippen LogP contribution in [0.25, 0.3) is 83.0 Å². The number of imidazole rings is 1. The first kappa shape index (κ1) is 18.7. The Morgan fingerprint density at radius 3 is 1.83 bits per heavy atom. The molecule has 2 heteroatoms. The van der Waals surface area contributed by atoms with Crippen molar-refractivity contribution in [2.24, 2.45) is 0 Å². The van der Waals surface area contributed by atoms with Crippen LogP contribution in [0.15, 0.2) is 182 Å². The van der Waals surface area contributed by atoms with Crippen LogP contribution in [-0.2, 0) is 0 Å². The average molecular weight is 609 g/mol. The lowest BCUT2D eigenvalue weighted by molar-refractivity contribution is 1.10. The van der Waals surface area contributed by atoms with Crippen LogP contribution in [0.1, 0.15) is 13.7 Å². The lowest BCUT2D eigenvalue weighted by Gasteiger charge is -2.19. The van der Waals surface area contributed by atoms with Gasteiger partial charge in [-0.25, -0.2) is 4.98 Å². The molecule has 0 fully saturated rings. The number of para-hydroxylation sites is 3. The highest BCUT2D eigenvalue weighted by molar-refractivity contribution is 6.22. The second-order valence-corrected chi connectivity index (χ2v) is 11.2. The monoisotopic (exact) mass is 608 g/mol. The topological polar surface area (TPSA) is 17.8 Å². The summed E-state index contributed by atoms with van der Waals surface area (Å²) in [7, 11) is 0. The van der Waals surface area contributed by atoms with Crippen LogP contribution in [0.2, 0.25) is 0 Å². The van der Waals surface area contributed by atoms with Crippen LogP contribution in [-0.4, -0.2) is 9.55 Å². The largest absolute Gasteiger partial charge is 0.292 e. The van der Waals surface area contributed by atoms with Crippen molar-refractivity contribution in [3.05, 3.63) is 182 Å². The van der Waals surface area contributed by atoms with Crippen molar-refractivity contribution < 1.29 is 13.7 Å². The number of aromatic nitrogens is 2. The van der Waals surface area contributed by atoms with Crippen molar-refractivity contribution in [3.8, 4) is 50.5 Å². The van der Waals surface area contributed by atoms with Crippen molar-refractivity contribution in [2.45, 2.75) is 0 Å². The molecule has 0 N–H and O–H groups in total. The standard InChI is InChI=1S/C45H30N2/c1-4-15-31(16-5-1)33-27-28-39-40(30-33)43(32-17-6-2-7-18-32)37-23-10-11-24-38(37)44(39)34-19-14-20-35(29-34)45-46-41-25-12-13-26-42(41)47(45)36-21-8-3-9-22-36/h1-30H/i2D,3D,6D,7D,8D,9D,17D,18D,21D,22D. The minimum Gasteiger partial charge on any atom is -0.292 e. The molecule has 1 heterocycles. The first-order valence-corrected chi connectivity index (χ1v) is 15.2. The number of fused-ring (bicyclic) bond motifs is 3. The summed E-state index contributed by atoms with van der Waals surface area (Å²) in [6.45, 7) is 0. The van der Waals surface area contributed by atoms with E-state index in [1.54, 1.807) is 10.6 Å². The Labute approximate surface area is 287 Å². The second-order valence-electron chi connectivity index (χ2n) is 11.2. The summed E-state index contributed by atoms with van der Waals surface area (Å²) >= 11 is 0. The minimum absolute atomic E-state index is 0.0117. The molecule has 9 rings (SSSR count). The first-order valence-electron chi connectivity index (χ1n) is 20.2. The second kappa shape index (κ2) is 11.3. The third-order valence-electron chi connectivity index (χ3n) is 8.56. The lowest BCUT2D eigenvalue weighted by atomic mass is 9.84. The van der Waals surface area contributed by atoms with Gasteiger partial charge in [0.25, 0.3) is 0 Å².